The van der Waals surface area contributed by atoms with Crippen LogP contribution in [-0.4, -0.2) is 54.2 Å². The smallest absolute Gasteiger partial charge is 0.0558 e. The Morgan fingerprint density at radius 3 is 2.43 bits per heavy atom. The van der Waals surface area contributed by atoms with Crippen molar-refractivity contribution in [3.8, 4) is 0 Å². The maximum absolute atomic E-state index is 9.08. The molecule has 1 aliphatic heterocycles. The quantitative estimate of drug-likeness (QED) is 0.798. The first kappa shape index (κ1) is 16.9. The molecule has 1 aromatic rings. The van der Waals surface area contributed by atoms with E-state index >= 15 is 0 Å². The zero-order valence-electron chi connectivity index (χ0n) is 14.6. The Bertz CT molecular complexity index is 461. The summed E-state index contributed by atoms with van der Waals surface area (Å²) in [5, 5.41) is 9.08. The minimum Gasteiger partial charge on any atom is -0.395 e. The summed E-state index contributed by atoms with van der Waals surface area (Å²) in [7, 11) is 0. The van der Waals surface area contributed by atoms with Gasteiger partial charge in [0.15, 0.2) is 0 Å². The van der Waals surface area contributed by atoms with Crippen LogP contribution in [0.25, 0.3) is 0 Å². The number of hydrogen-bond donors (Lipinski definition) is 1. The lowest BCUT2D eigenvalue weighted by atomic mass is 9.71. The van der Waals surface area contributed by atoms with Crippen molar-refractivity contribution in [1.82, 2.24) is 9.80 Å². The van der Waals surface area contributed by atoms with Gasteiger partial charge < -0.3 is 10.0 Å². The predicted molar refractivity (Wildman–Crippen MR) is 95.6 cm³/mol. The van der Waals surface area contributed by atoms with E-state index in [1.54, 1.807) is 0 Å². The number of aliphatic hydroxyl groups is 1. The van der Waals surface area contributed by atoms with Crippen LogP contribution in [0.5, 0.6) is 0 Å². The molecule has 0 aromatic heterocycles. The van der Waals surface area contributed by atoms with Crippen LogP contribution in [-0.2, 0) is 6.54 Å². The number of rotatable bonds is 8. The summed E-state index contributed by atoms with van der Waals surface area (Å²) in [5.74, 6) is 1.57. The van der Waals surface area contributed by atoms with Gasteiger partial charge in [-0.25, -0.2) is 0 Å². The van der Waals surface area contributed by atoms with Crippen LogP contribution in [0.2, 0.25) is 0 Å². The van der Waals surface area contributed by atoms with E-state index in [4.69, 9.17) is 5.11 Å². The third-order valence-electron chi connectivity index (χ3n) is 5.67. The lowest BCUT2D eigenvalue weighted by molar-refractivity contribution is 0.139. The summed E-state index contributed by atoms with van der Waals surface area (Å²) in [4.78, 5) is 4.94. The topological polar surface area (TPSA) is 26.7 Å². The Morgan fingerprint density at radius 1 is 1.13 bits per heavy atom. The molecule has 128 valence electrons. The van der Waals surface area contributed by atoms with Crippen molar-refractivity contribution < 1.29 is 5.11 Å². The normalized spacial score (nSPS) is 25.0. The van der Waals surface area contributed by atoms with Crippen molar-refractivity contribution in [2.75, 3.05) is 39.3 Å². The highest BCUT2D eigenvalue weighted by molar-refractivity contribution is 5.27. The van der Waals surface area contributed by atoms with Crippen molar-refractivity contribution in [3.05, 3.63) is 35.4 Å². The minimum atomic E-state index is 0.280. The van der Waals surface area contributed by atoms with Crippen molar-refractivity contribution in [1.29, 1.82) is 0 Å². The van der Waals surface area contributed by atoms with Gasteiger partial charge in [0.2, 0.25) is 0 Å². The van der Waals surface area contributed by atoms with E-state index in [1.165, 1.54) is 49.9 Å². The first-order valence-electron chi connectivity index (χ1n) is 9.43. The molecule has 2 aliphatic rings. The van der Waals surface area contributed by atoms with Crippen molar-refractivity contribution in [2.45, 2.75) is 45.1 Å². The molecule has 23 heavy (non-hydrogen) atoms. The zero-order valence-corrected chi connectivity index (χ0v) is 14.6. The average molecular weight is 316 g/mol. The molecule has 1 N–H and O–H groups in total. The van der Waals surface area contributed by atoms with Gasteiger partial charge in [-0.1, -0.05) is 31.2 Å². The highest BCUT2D eigenvalue weighted by Crippen LogP contribution is 2.42. The fraction of sp³-hybridized carbons (Fsp3) is 0.700. The fourth-order valence-corrected chi connectivity index (χ4v) is 4.14. The van der Waals surface area contributed by atoms with Crippen LogP contribution in [0.3, 0.4) is 0 Å². The fourth-order valence-electron chi connectivity index (χ4n) is 4.14. The molecule has 1 aliphatic carbocycles. The average Bonchev–Trinajstić information content (AvgIpc) is 3.03. The van der Waals surface area contributed by atoms with Gasteiger partial charge in [0.25, 0.3) is 0 Å². The molecule has 0 atom stereocenters. The van der Waals surface area contributed by atoms with Gasteiger partial charge >= 0.3 is 0 Å². The van der Waals surface area contributed by atoms with E-state index in [-0.39, 0.29) is 6.61 Å². The second-order valence-electron chi connectivity index (χ2n) is 7.38. The molecular weight excluding hydrogens is 284 g/mol. The number of aliphatic hydroxyl groups excluding tert-OH is 1. The predicted octanol–water partition coefficient (Wildman–Crippen LogP) is 3.09. The molecule has 2 fully saturated rings. The maximum atomic E-state index is 9.08. The van der Waals surface area contributed by atoms with Gasteiger partial charge in [0.05, 0.1) is 6.61 Å². The van der Waals surface area contributed by atoms with Crippen LogP contribution >= 0.6 is 0 Å². The van der Waals surface area contributed by atoms with Crippen LogP contribution in [0.4, 0.5) is 0 Å². The van der Waals surface area contributed by atoms with Gasteiger partial charge in [0.1, 0.15) is 0 Å². The second kappa shape index (κ2) is 8.27. The third-order valence-corrected chi connectivity index (χ3v) is 5.67. The van der Waals surface area contributed by atoms with Gasteiger partial charge in [-0.2, -0.15) is 0 Å². The first-order valence-corrected chi connectivity index (χ1v) is 9.43. The Labute approximate surface area is 141 Å². The number of likely N-dealkylation sites (tertiary alicyclic amines) is 1. The van der Waals surface area contributed by atoms with E-state index in [1.807, 2.05) is 0 Å². The summed E-state index contributed by atoms with van der Waals surface area (Å²) < 4.78 is 0. The van der Waals surface area contributed by atoms with Crippen LogP contribution < -0.4 is 0 Å². The Kier molecular flexibility index (Phi) is 6.09. The molecule has 0 unspecified atom stereocenters. The molecule has 3 nitrogen and oxygen atoms in total. The Balaban J connectivity index is 1.44. The molecule has 1 aromatic carbocycles. The molecule has 0 spiro atoms. The number of likely N-dealkylation sites (N-methyl/N-ethyl adjacent to an activating group) is 1. The molecule has 0 bridgehead atoms. The van der Waals surface area contributed by atoms with E-state index < -0.39 is 0 Å². The molecule has 1 saturated heterocycles. The second-order valence-corrected chi connectivity index (χ2v) is 7.38. The monoisotopic (exact) mass is 316 g/mol. The van der Waals surface area contributed by atoms with E-state index in [0.717, 1.165) is 38.0 Å². The summed E-state index contributed by atoms with van der Waals surface area (Å²) >= 11 is 0. The molecule has 0 amide bonds. The van der Waals surface area contributed by atoms with Crippen molar-refractivity contribution >= 4 is 0 Å². The Hall–Kier alpha value is -0.900. The summed E-state index contributed by atoms with van der Waals surface area (Å²) in [6.07, 6.45) is 5.36. The van der Waals surface area contributed by atoms with Gasteiger partial charge in [-0.3, -0.25) is 4.90 Å². The summed E-state index contributed by atoms with van der Waals surface area (Å²) in [5.41, 5.74) is 2.99. The van der Waals surface area contributed by atoms with Crippen molar-refractivity contribution in [2.24, 2.45) is 5.92 Å². The minimum absolute atomic E-state index is 0.280. The summed E-state index contributed by atoms with van der Waals surface area (Å²) in [6, 6.07) is 9.39. The van der Waals surface area contributed by atoms with E-state index in [9.17, 15) is 0 Å². The zero-order chi connectivity index (χ0) is 16.1. The molecular formula is C20H32N2O. The van der Waals surface area contributed by atoms with Gasteiger partial charge in [0, 0.05) is 19.6 Å². The highest BCUT2D eigenvalue weighted by atomic mass is 16.3. The largest absolute Gasteiger partial charge is 0.395 e. The van der Waals surface area contributed by atoms with Crippen LogP contribution in [0.1, 0.15) is 49.7 Å². The molecule has 1 heterocycles. The van der Waals surface area contributed by atoms with Crippen molar-refractivity contribution in [3.63, 3.8) is 0 Å². The standard InChI is InChI=1S/C20H32N2O/c1-2-21(11-12-23)16-18-13-20(14-18)19-7-5-17(6-8-19)15-22-9-3-4-10-22/h5-8,18,20,23H,2-4,9-16H2,1H3. The maximum Gasteiger partial charge on any atom is 0.0558 e. The molecule has 3 heteroatoms. The van der Waals surface area contributed by atoms with E-state index in [2.05, 4.69) is 41.0 Å². The van der Waals surface area contributed by atoms with Crippen LogP contribution in [0.15, 0.2) is 24.3 Å². The SMILES string of the molecule is CCN(CCO)CC1CC(c2ccc(CN3CCCC3)cc2)C1. The van der Waals surface area contributed by atoms with Crippen LogP contribution in [0, 0.1) is 5.92 Å². The Morgan fingerprint density at radius 2 is 1.83 bits per heavy atom. The lowest BCUT2D eigenvalue weighted by Crippen LogP contribution is -2.37. The highest BCUT2D eigenvalue weighted by Gasteiger charge is 2.31. The number of hydrogen-bond acceptors (Lipinski definition) is 3. The lowest BCUT2D eigenvalue weighted by Gasteiger charge is -2.38. The van der Waals surface area contributed by atoms with Gasteiger partial charge in [-0.15, -0.1) is 0 Å². The molecule has 0 radical (unpaired) electrons. The molecule has 1 saturated carbocycles. The van der Waals surface area contributed by atoms with Gasteiger partial charge in [-0.05, 0) is 68.3 Å². The number of nitrogens with zero attached hydrogens (tertiary/aromatic N) is 2. The van der Waals surface area contributed by atoms with E-state index in [0.29, 0.717) is 0 Å². The third kappa shape index (κ3) is 4.56. The summed E-state index contributed by atoms with van der Waals surface area (Å²) in [6.45, 7) is 9.16. The number of benzene rings is 1. The first-order chi connectivity index (χ1) is 11.3. The molecule has 3 rings (SSSR count).